The van der Waals surface area contributed by atoms with Crippen molar-refractivity contribution < 1.29 is 5.11 Å². The van der Waals surface area contributed by atoms with E-state index in [1.807, 2.05) is 0 Å². The van der Waals surface area contributed by atoms with Crippen molar-refractivity contribution in [1.29, 1.82) is 0 Å². The lowest BCUT2D eigenvalue weighted by molar-refractivity contribution is 0.00506. The summed E-state index contributed by atoms with van der Waals surface area (Å²) < 4.78 is 0. The average molecular weight is 242 g/mol. The van der Waals surface area contributed by atoms with Gasteiger partial charge in [0.25, 0.3) is 0 Å². The van der Waals surface area contributed by atoms with E-state index in [-0.39, 0.29) is 0 Å². The van der Waals surface area contributed by atoms with Gasteiger partial charge in [-0.2, -0.15) is 0 Å². The maximum Gasteiger partial charge on any atom is 0.0774 e. The fraction of sp³-hybridized carbons (Fsp3) is 1.00. The normalized spacial score (nSPS) is 19.8. The predicted octanol–water partition coefficient (Wildman–Crippen LogP) is 1.81. The Morgan fingerprint density at radius 3 is 2.18 bits per heavy atom. The van der Waals surface area contributed by atoms with Gasteiger partial charge in [0.1, 0.15) is 0 Å². The van der Waals surface area contributed by atoms with E-state index >= 15 is 0 Å². The van der Waals surface area contributed by atoms with Crippen LogP contribution in [0.25, 0.3) is 0 Å². The summed E-state index contributed by atoms with van der Waals surface area (Å²) in [4.78, 5) is 4.65. The summed E-state index contributed by atoms with van der Waals surface area (Å²) in [5.74, 6) is 0.669. The van der Waals surface area contributed by atoms with Gasteiger partial charge < -0.3 is 10.0 Å². The van der Waals surface area contributed by atoms with Gasteiger partial charge in [-0.15, -0.1) is 0 Å². The number of rotatable bonds is 7. The van der Waals surface area contributed by atoms with Gasteiger partial charge in [0.2, 0.25) is 0 Å². The smallest absolute Gasteiger partial charge is 0.0774 e. The van der Waals surface area contributed by atoms with Crippen LogP contribution in [-0.4, -0.2) is 60.8 Å². The van der Waals surface area contributed by atoms with Crippen molar-refractivity contribution in [2.75, 3.05) is 40.3 Å². The maximum atomic E-state index is 10.5. The zero-order chi connectivity index (χ0) is 12.9. The lowest BCUT2D eigenvalue weighted by atomic mass is 10.0. The Labute approximate surface area is 107 Å². The van der Waals surface area contributed by atoms with Gasteiger partial charge in [0.05, 0.1) is 5.60 Å². The van der Waals surface area contributed by atoms with Crippen LogP contribution in [0.3, 0.4) is 0 Å². The monoisotopic (exact) mass is 242 g/mol. The van der Waals surface area contributed by atoms with Crippen LogP contribution in [-0.2, 0) is 0 Å². The fourth-order valence-corrected chi connectivity index (χ4v) is 2.70. The molecule has 0 amide bonds. The third-order valence-electron chi connectivity index (χ3n) is 3.54. The third kappa shape index (κ3) is 5.84. The summed E-state index contributed by atoms with van der Waals surface area (Å²) in [6.45, 7) is 8.59. The van der Waals surface area contributed by atoms with E-state index < -0.39 is 5.60 Å². The van der Waals surface area contributed by atoms with Crippen LogP contribution in [0.1, 0.15) is 39.5 Å². The molecule has 0 radical (unpaired) electrons. The quantitative estimate of drug-likeness (QED) is 0.737. The summed E-state index contributed by atoms with van der Waals surface area (Å²) in [6, 6.07) is 0. The summed E-state index contributed by atoms with van der Waals surface area (Å²) in [7, 11) is 4.22. The van der Waals surface area contributed by atoms with Crippen LogP contribution < -0.4 is 0 Å². The number of hydrogen-bond donors (Lipinski definition) is 1. The number of likely N-dealkylation sites (N-methyl/N-ethyl adjacent to an activating group) is 1. The fourth-order valence-electron chi connectivity index (χ4n) is 2.70. The molecule has 0 atom stereocenters. The SMILES string of the molecule is CC(C)CN(CCN(C)C)CC1(O)CCCC1. The van der Waals surface area contributed by atoms with Gasteiger partial charge >= 0.3 is 0 Å². The van der Waals surface area contributed by atoms with Crippen molar-refractivity contribution in [3.8, 4) is 0 Å². The first-order valence-electron chi connectivity index (χ1n) is 7.01. The maximum absolute atomic E-state index is 10.5. The molecule has 1 aliphatic carbocycles. The highest BCUT2D eigenvalue weighted by molar-refractivity contribution is 4.87. The predicted molar refractivity (Wildman–Crippen MR) is 73.2 cm³/mol. The molecule has 102 valence electrons. The van der Waals surface area contributed by atoms with Crippen molar-refractivity contribution in [3.05, 3.63) is 0 Å². The van der Waals surface area contributed by atoms with Crippen LogP contribution in [0, 0.1) is 5.92 Å². The van der Waals surface area contributed by atoms with Crippen molar-refractivity contribution in [2.24, 2.45) is 5.92 Å². The first-order valence-corrected chi connectivity index (χ1v) is 7.01. The van der Waals surface area contributed by atoms with Crippen molar-refractivity contribution >= 4 is 0 Å². The first-order chi connectivity index (χ1) is 7.91. The van der Waals surface area contributed by atoms with Crippen molar-refractivity contribution in [2.45, 2.75) is 45.1 Å². The minimum atomic E-state index is -0.402. The molecule has 0 heterocycles. The Morgan fingerprint density at radius 2 is 1.71 bits per heavy atom. The molecule has 0 aliphatic heterocycles. The zero-order valence-electron chi connectivity index (χ0n) is 12.1. The highest BCUT2D eigenvalue weighted by atomic mass is 16.3. The van der Waals surface area contributed by atoms with Crippen molar-refractivity contribution in [1.82, 2.24) is 9.80 Å². The van der Waals surface area contributed by atoms with Gasteiger partial charge in [0.15, 0.2) is 0 Å². The van der Waals surface area contributed by atoms with Crippen molar-refractivity contribution in [3.63, 3.8) is 0 Å². The highest BCUT2D eigenvalue weighted by Gasteiger charge is 2.32. The Bertz CT molecular complexity index is 210. The van der Waals surface area contributed by atoms with E-state index in [2.05, 4.69) is 37.7 Å². The molecular weight excluding hydrogens is 212 g/mol. The van der Waals surface area contributed by atoms with Crippen LogP contribution in [0.5, 0.6) is 0 Å². The molecule has 1 N–H and O–H groups in total. The second-order valence-corrected chi connectivity index (χ2v) is 6.36. The molecule has 3 nitrogen and oxygen atoms in total. The number of aliphatic hydroxyl groups is 1. The van der Waals surface area contributed by atoms with E-state index in [1.165, 1.54) is 12.8 Å². The van der Waals surface area contributed by atoms with E-state index in [4.69, 9.17) is 0 Å². The molecule has 3 heteroatoms. The molecule has 1 saturated carbocycles. The van der Waals surface area contributed by atoms with Gasteiger partial charge in [-0.25, -0.2) is 0 Å². The summed E-state index contributed by atoms with van der Waals surface area (Å²) in [6.07, 6.45) is 4.37. The molecular formula is C14H30N2O. The Morgan fingerprint density at radius 1 is 1.12 bits per heavy atom. The van der Waals surface area contributed by atoms with Crippen LogP contribution in [0.4, 0.5) is 0 Å². The molecule has 0 bridgehead atoms. The minimum absolute atomic E-state index is 0.402. The molecule has 17 heavy (non-hydrogen) atoms. The Hall–Kier alpha value is -0.120. The summed E-state index contributed by atoms with van der Waals surface area (Å²) in [5.41, 5.74) is -0.402. The third-order valence-corrected chi connectivity index (χ3v) is 3.54. The largest absolute Gasteiger partial charge is 0.389 e. The first kappa shape index (κ1) is 14.9. The molecule has 1 fully saturated rings. The van der Waals surface area contributed by atoms with E-state index in [0.717, 1.165) is 39.0 Å². The minimum Gasteiger partial charge on any atom is -0.389 e. The van der Waals surface area contributed by atoms with E-state index in [1.54, 1.807) is 0 Å². The molecule has 0 saturated heterocycles. The second kappa shape index (κ2) is 6.72. The molecule has 0 aromatic carbocycles. The Balaban J connectivity index is 2.44. The topological polar surface area (TPSA) is 26.7 Å². The molecule has 0 unspecified atom stereocenters. The van der Waals surface area contributed by atoms with Crippen LogP contribution >= 0.6 is 0 Å². The van der Waals surface area contributed by atoms with Gasteiger partial charge in [-0.3, -0.25) is 4.90 Å². The second-order valence-electron chi connectivity index (χ2n) is 6.36. The van der Waals surface area contributed by atoms with E-state index in [9.17, 15) is 5.11 Å². The average Bonchev–Trinajstić information content (AvgIpc) is 2.60. The number of nitrogens with zero attached hydrogens (tertiary/aromatic N) is 2. The van der Waals surface area contributed by atoms with Crippen LogP contribution in [0.15, 0.2) is 0 Å². The summed E-state index contributed by atoms with van der Waals surface area (Å²) >= 11 is 0. The molecule has 0 aromatic heterocycles. The standard InChI is InChI=1S/C14H30N2O/c1-13(2)11-16(10-9-15(3)4)12-14(17)7-5-6-8-14/h13,17H,5-12H2,1-4H3. The van der Waals surface area contributed by atoms with E-state index in [0.29, 0.717) is 5.92 Å². The van der Waals surface area contributed by atoms with Crippen LogP contribution in [0.2, 0.25) is 0 Å². The highest BCUT2D eigenvalue weighted by Crippen LogP contribution is 2.30. The lowest BCUT2D eigenvalue weighted by Crippen LogP contribution is -2.44. The lowest BCUT2D eigenvalue weighted by Gasteiger charge is -2.33. The molecule has 0 spiro atoms. The molecule has 0 aromatic rings. The Kier molecular flexibility index (Phi) is 5.90. The number of hydrogen-bond acceptors (Lipinski definition) is 3. The zero-order valence-corrected chi connectivity index (χ0v) is 12.1. The van der Waals surface area contributed by atoms with Gasteiger partial charge in [-0.1, -0.05) is 26.7 Å². The molecule has 1 rings (SSSR count). The van der Waals surface area contributed by atoms with Gasteiger partial charge in [-0.05, 0) is 32.9 Å². The van der Waals surface area contributed by atoms with Gasteiger partial charge in [0, 0.05) is 26.2 Å². The summed E-state index contributed by atoms with van der Waals surface area (Å²) in [5, 5.41) is 10.5. The molecule has 1 aliphatic rings.